The zero-order chi connectivity index (χ0) is 19.1. The predicted octanol–water partition coefficient (Wildman–Crippen LogP) is 2.44. The van der Waals surface area contributed by atoms with E-state index in [4.69, 9.17) is 15.2 Å². The first-order valence-electron chi connectivity index (χ1n) is 8.96. The zero-order valence-corrected chi connectivity index (χ0v) is 15.4. The van der Waals surface area contributed by atoms with Gasteiger partial charge in [0.25, 0.3) is 0 Å². The lowest BCUT2D eigenvalue weighted by Gasteiger charge is -2.11. The van der Waals surface area contributed by atoms with Gasteiger partial charge in [-0.3, -0.25) is 4.79 Å². The number of imidazole rings is 1. The number of rotatable bonds is 10. The molecule has 0 saturated carbocycles. The molecular formula is C20H24N4O3. The van der Waals surface area contributed by atoms with Crippen LogP contribution >= 0.6 is 0 Å². The summed E-state index contributed by atoms with van der Waals surface area (Å²) in [6.45, 7) is 4.41. The van der Waals surface area contributed by atoms with Crippen LogP contribution in [0.15, 0.2) is 48.5 Å². The second-order valence-electron chi connectivity index (χ2n) is 6.01. The smallest absolute Gasteiger partial charge is 0.231 e. The monoisotopic (exact) mass is 368 g/mol. The summed E-state index contributed by atoms with van der Waals surface area (Å²) in [5.74, 6) is 1.94. The van der Waals surface area contributed by atoms with Gasteiger partial charge in [0, 0.05) is 19.2 Å². The predicted molar refractivity (Wildman–Crippen MR) is 104 cm³/mol. The van der Waals surface area contributed by atoms with Gasteiger partial charge in [-0.15, -0.1) is 0 Å². The number of hydrogen-bond donors (Lipinski definition) is 2. The van der Waals surface area contributed by atoms with Crippen molar-refractivity contribution in [3.63, 3.8) is 0 Å². The van der Waals surface area contributed by atoms with E-state index < -0.39 is 5.91 Å². The molecule has 142 valence electrons. The Kier molecular flexibility index (Phi) is 6.40. The number of nitrogens with one attached hydrogen (secondary N) is 1. The van der Waals surface area contributed by atoms with Crippen LogP contribution in [0.4, 0.5) is 0 Å². The summed E-state index contributed by atoms with van der Waals surface area (Å²) in [4.78, 5) is 15.6. The van der Waals surface area contributed by atoms with Gasteiger partial charge in [-0.2, -0.15) is 0 Å². The van der Waals surface area contributed by atoms with Crippen LogP contribution in [0.1, 0.15) is 12.7 Å². The maximum Gasteiger partial charge on any atom is 0.231 e. The highest BCUT2D eigenvalue weighted by Crippen LogP contribution is 2.26. The molecule has 3 rings (SSSR count). The Balaban J connectivity index is 1.87. The number of amides is 1. The standard InChI is InChI=1S/C20H24N4O3/c1-2-26-11-10-24-18-12-16(27-15-6-4-3-5-7-15)8-9-17(18)23-20(24)14-22-13-19(21)25/h3-9,12,22H,2,10-11,13-14H2,1H3,(H2,21,25). The fourth-order valence-electron chi connectivity index (χ4n) is 2.82. The molecule has 0 fully saturated rings. The molecule has 7 heteroatoms. The first kappa shape index (κ1) is 18.9. The van der Waals surface area contributed by atoms with Crippen LogP contribution in [0.2, 0.25) is 0 Å². The molecule has 1 heterocycles. The topological polar surface area (TPSA) is 91.4 Å². The van der Waals surface area contributed by atoms with E-state index in [-0.39, 0.29) is 6.54 Å². The summed E-state index contributed by atoms with van der Waals surface area (Å²) >= 11 is 0. The largest absolute Gasteiger partial charge is 0.457 e. The fourth-order valence-corrected chi connectivity index (χ4v) is 2.82. The summed E-state index contributed by atoms with van der Waals surface area (Å²) in [7, 11) is 0. The molecule has 0 atom stereocenters. The second-order valence-corrected chi connectivity index (χ2v) is 6.01. The first-order chi connectivity index (χ1) is 13.2. The number of fused-ring (bicyclic) bond motifs is 1. The summed E-state index contributed by atoms with van der Waals surface area (Å²) in [6, 6.07) is 15.4. The summed E-state index contributed by atoms with van der Waals surface area (Å²) in [5.41, 5.74) is 7.02. The maximum atomic E-state index is 11.0. The Hall–Kier alpha value is -2.90. The number of primary amides is 1. The van der Waals surface area contributed by atoms with Crippen LogP contribution in [0.3, 0.4) is 0 Å². The van der Waals surface area contributed by atoms with E-state index in [1.165, 1.54) is 0 Å². The van der Waals surface area contributed by atoms with Gasteiger partial charge < -0.3 is 25.1 Å². The normalized spacial score (nSPS) is 11.0. The Morgan fingerprint density at radius 2 is 2.00 bits per heavy atom. The van der Waals surface area contributed by atoms with E-state index in [2.05, 4.69) is 14.9 Å². The highest BCUT2D eigenvalue weighted by Gasteiger charge is 2.12. The van der Waals surface area contributed by atoms with Crippen LogP contribution in [-0.2, 0) is 22.6 Å². The average molecular weight is 368 g/mol. The first-order valence-corrected chi connectivity index (χ1v) is 8.96. The Morgan fingerprint density at radius 1 is 1.19 bits per heavy atom. The van der Waals surface area contributed by atoms with Crippen LogP contribution in [-0.4, -0.2) is 35.2 Å². The molecule has 3 aromatic rings. The second kappa shape index (κ2) is 9.16. The van der Waals surface area contributed by atoms with Crippen molar-refractivity contribution in [3.05, 3.63) is 54.4 Å². The van der Waals surface area contributed by atoms with E-state index in [0.29, 0.717) is 26.3 Å². The molecule has 27 heavy (non-hydrogen) atoms. The van der Waals surface area contributed by atoms with Gasteiger partial charge in [0.15, 0.2) is 0 Å². The van der Waals surface area contributed by atoms with E-state index in [0.717, 1.165) is 28.4 Å². The molecule has 0 saturated heterocycles. The lowest BCUT2D eigenvalue weighted by atomic mass is 10.3. The third-order valence-corrected chi connectivity index (χ3v) is 4.02. The van der Waals surface area contributed by atoms with E-state index in [9.17, 15) is 4.79 Å². The lowest BCUT2D eigenvalue weighted by Crippen LogP contribution is -2.29. The molecule has 0 radical (unpaired) electrons. The number of nitrogens with two attached hydrogens (primary N) is 1. The molecule has 0 aliphatic carbocycles. The molecule has 0 unspecified atom stereocenters. The van der Waals surface area contributed by atoms with Crippen molar-refractivity contribution >= 4 is 16.9 Å². The van der Waals surface area contributed by atoms with Gasteiger partial charge in [-0.05, 0) is 31.2 Å². The van der Waals surface area contributed by atoms with Crippen molar-refractivity contribution in [2.45, 2.75) is 20.0 Å². The van der Waals surface area contributed by atoms with Gasteiger partial charge in [0.2, 0.25) is 5.91 Å². The summed E-state index contributed by atoms with van der Waals surface area (Å²) < 4.78 is 13.5. The molecule has 0 aliphatic heterocycles. The molecule has 1 amide bonds. The van der Waals surface area contributed by atoms with Crippen LogP contribution < -0.4 is 15.8 Å². The minimum Gasteiger partial charge on any atom is -0.457 e. The molecule has 2 aromatic carbocycles. The van der Waals surface area contributed by atoms with Gasteiger partial charge >= 0.3 is 0 Å². The van der Waals surface area contributed by atoms with Gasteiger partial charge in [0.1, 0.15) is 17.3 Å². The van der Waals surface area contributed by atoms with Crippen LogP contribution in [0.25, 0.3) is 11.0 Å². The number of para-hydroxylation sites is 1. The fraction of sp³-hybridized carbons (Fsp3) is 0.300. The lowest BCUT2D eigenvalue weighted by molar-refractivity contribution is -0.117. The highest BCUT2D eigenvalue weighted by atomic mass is 16.5. The molecule has 0 spiro atoms. The molecule has 0 aliphatic rings. The molecule has 7 nitrogen and oxygen atoms in total. The van der Waals surface area contributed by atoms with Crippen molar-refractivity contribution in [2.75, 3.05) is 19.8 Å². The third kappa shape index (κ3) is 5.06. The van der Waals surface area contributed by atoms with Gasteiger partial charge in [0.05, 0.1) is 30.7 Å². The van der Waals surface area contributed by atoms with Crippen molar-refractivity contribution in [3.8, 4) is 11.5 Å². The number of ether oxygens (including phenoxy) is 2. The maximum absolute atomic E-state index is 11.0. The van der Waals surface area contributed by atoms with Crippen molar-refractivity contribution in [1.82, 2.24) is 14.9 Å². The SMILES string of the molecule is CCOCCn1c(CNCC(N)=O)nc2ccc(Oc3ccccc3)cc21. The summed E-state index contributed by atoms with van der Waals surface area (Å²) in [6.07, 6.45) is 0. The number of benzene rings is 2. The van der Waals surface area contributed by atoms with Crippen molar-refractivity contribution in [1.29, 1.82) is 0 Å². The Bertz CT molecular complexity index is 893. The zero-order valence-electron chi connectivity index (χ0n) is 15.4. The summed E-state index contributed by atoms with van der Waals surface area (Å²) in [5, 5.41) is 3.02. The molecule has 3 N–H and O–H groups in total. The number of carbonyl (C=O) groups excluding carboxylic acids is 1. The minimum absolute atomic E-state index is 0.108. The van der Waals surface area contributed by atoms with Crippen LogP contribution in [0.5, 0.6) is 11.5 Å². The minimum atomic E-state index is -0.398. The quantitative estimate of drug-likeness (QED) is 0.536. The highest BCUT2D eigenvalue weighted by molar-refractivity contribution is 5.78. The van der Waals surface area contributed by atoms with E-state index in [1.807, 2.05) is 55.5 Å². The van der Waals surface area contributed by atoms with E-state index in [1.54, 1.807) is 0 Å². The molecule has 0 bridgehead atoms. The van der Waals surface area contributed by atoms with Gasteiger partial charge in [-0.1, -0.05) is 18.2 Å². The average Bonchev–Trinajstić information content (AvgIpc) is 3.00. The third-order valence-electron chi connectivity index (χ3n) is 4.02. The number of nitrogens with zero attached hydrogens (tertiary/aromatic N) is 2. The Morgan fingerprint density at radius 3 is 2.74 bits per heavy atom. The molecular weight excluding hydrogens is 344 g/mol. The Labute approximate surface area is 158 Å². The van der Waals surface area contributed by atoms with E-state index >= 15 is 0 Å². The van der Waals surface area contributed by atoms with Gasteiger partial charge in [-0.25, -0.2) is 4.98 Å². The molecule has 1 aromatic heterocycles. The van der Waals surface area contributed by atoms with Crippen LogP contribution in [0, 0.1) is 0 Å². The number of hydrogen-bond acceptors (Lipinski definition) is 5. The van der Waals surface area contributed by atoms with Crippen molar-refractivity contribution in [2.24, 2.45) is 5.73 Å². The number of carbonyl (C=O) groups is 1. The number of aromatic nitrogens is 2. The van der Waals surface area contributed by atoms with Crippen molar-refractivity contribution < 1.29 is 14.3 Å².